The smallest absolute Gasteiger partial charge is 0.292 e. The number of hydrogen-bond donors (Lipinski definition) is 1. The van der Waals surface area contributed by atoms with Crippen LogP contribution in [0.15, 0.2) is 31.8 Å². The molecule has 2 aromatic rings. The van der Waals surface area contributed by atoms with Crippen molar-refractivity contribution in [3.63, 3.8) is 0 Å². The minimum Gasteiger partial charge on any atom is -0.446 e. The lowest BCUT2D eigenvalue weighted by Crippen LogP contribution is -1.79. The first-order valence-corrected chi connectivity index (χ1v) is 4.02. The van der Waals surface area contributed by atoms with Gasteiger partial charge in [-0.25, -0.2) is 4.98 Å². The highest BCUT2D eigenvalue weighted by Gasteiger charge is 2.07. The van der Waals surface area contributed by atoms with E-state index in [1.165, 1.54) is 6.20 Å². The maximum absolute atomic E-state index is 5.29. The van der Waals surface area contributed by atoms with Crippen molar-refractivity contribution in [1.29, 1.82) is 0 Å². The largest absolute Gasteiger partial charge is 0.446 e. The maximum atomic E-state index is 5.29. The molecule has 0 fully saturated rings. The molecule has 0 spiro atoms. The van der Waals surface area contributed by atoms with Crippen molar-refractivity contribution in [2.24, 2.45) is 0 Å². The Morgan fingerprint density at radius 3 is 2.58 bits per heavy atom. The molecular weight excluding hydrogens is 224 g/mol. The molecule has 0 aliphatic rings. The van der Waals surface area contributed by atoms with Gasteiger partial charge in [0.2, 0.25) is 0 Å². The van der Waals surface area contributed by atoms with Gasteiger partial charge < -0.3 is 14.6 Å². The van der Waals surface area contributed by atoms with Crippen LogP contribution in [0.25, 0.3) is 11.5 Å². The number of hydrogen-bond acceptors (Lipinski definition) is 4. The van der Waals surface area contributed by atoms with Gasteiger partial charge >= 0.3 is 0 Å². The second-order valence-electron chi connectivity index (χ2n) is 2.17. The van der Waals surface area contributed by atoms with Gasteiger partial charge in [0.1, 0.15) is 0 Å². The van der Waals surface area contributed by atoms with E-state index in [-0.39, 0.29) is 6.01 Å². The normalized spacial score (nSPS) is 10.4. The number of rotatable bonds is 1. The number of halogens is 1. The first-order chi connectivity index (χ1) is 5.75. The molecule has 0 aromatic carbocycles. The van der Waals surface area contributed by atoms with Crippen LogP contribution in [0.5, 0.6) is 0 Å². The molecule has 2 N–H and O–H groups in total. The van der Waals surface area contributed by atoms with Crippen molar-refractivity contribution in [3.05, 3.63) is 23.0 Å². The number of nitrogen functional groups attached to an aromatic ring is 1. The van der Waals surface area contributed by atoms with E-state index in [9.17, 15) is 0 Å². The molecule has 0 saturated carbocycles. The van der Waals surface area contributed by atoms with Crippen molar-refractivity contribution < 1.29 is 8.83 Å². The predicted molar refractivity (Wildman–Crippen MR) is 46.3 cm³/mol. The number of nitrogens with zero attached hydrogens (tertiary/aromatic N) is 1. The highest BCUT2D eigenvalue weighted by Crippen LogP contribution is 2.25. The van der Waals surface area contributed by atoms with Crippen LogP contribution in [-0.2, 0) is 0 Å². The van der Waals surface area contributed by atoms with Crippen LogP contribution in [0.3, 0.4) is 0 Å². The summed E-state index contributed by atoms with van der Waals surface area (Å²) in [6.45, 7) is 0. The molecule has 2 rings (SSSR count). The van der Waals surface area contributed by atoms with Crippen LogP contribution in [0.2, 0.25) is 0 Å². The molecule has 0 bridgehead atoms. The Hall–Kier alpha value is -1.23. The number of nitrogens with two attached hydrogens (primary N) is 1. The summed E-state index contributed by atoms with van der Waals surface area (Å²) in [5.74, 6) is 1.13. The summed E-state index contributed by atoms with van der Waals surface area (Å²) in [6.07, 6.45) is 1.51. The van der Waals surface area contributed by atoms with Crippen LogP contribution >= 0.6 is 15.9 Å². The summed E-state index contributed by atoms with van der Waals surface area (Å²) in [5, 5.41) is 0. The van der Waals surface area contributed by atoms with Gasteiger partial charge in [-0.1, -0.05) is 0 Å². The number of aromatic nitrogens is 1. The number of anilines is 1. The first kappa shape index (κ1) is 7.42. The quantitative estimate of drug-likeness (QED) is 0.814. The standard InChI is InChI=1S/C7H5BrN2O2/c8-6-2-1-4(11-6)5-3-10-7(9)12-5/h1-3H,(H2,9,10). The lowest BCUT2D eigenvalue weighted by Gasteiger charge is -1.86. The van der Waals surface area contributed by atoms with Crippen molar-refractivity contribution in [2.45, 2.75) is 0 Å². The lowest BCUT2D eigenvalue weighted by atomic mass is 10.4. The zero-order valence-electron chi connectivity index (χ0n) is 5.95. The highest BCUT2D eigenvalue weighted by molar-refractivity contribution is 9.10. The van der Waals surface area contributed by atoms with E-state index in [1.54, 1.807) is 12.1 Å². The Balaban J connectivity index is 2.43. The summed E-state index contributed by atoms with van der Waals surface area (Å²) in [4.78, 5) is 3.74. The molecule has 62 valence electrons. The van der Waals surface area contributed by atoms with Crippen LogP contribution in [-0.4, -0.2) is 4.98 Å². The summed E-state index contributed by atoms with van der Waals surface area (Å²) in [7, 11) is 0. The monoisotopic (exact) mass is 228 g/mol. The third kappa shape index (κ3) is 1.23. The lowest BCUT2D eigenvalue weighted by molar-refractivity contribution is 0.516. The van der Waals surface area contributed by atoms with E-state index in [2.05, 4.69) is 20.9 Å². The van der Waals surface area contributed by atoms with E-state index in [0.29, 0.717) is 16.2 Å². The summed E-state index contributed by atoms with van der Waals surface area (Å²) in [5.41, 5.74) is 5.29. The maximum Gasteiger partial charge on any atom is 0.292 e. The molecule has 0 radical (unpaired) electrons. The average Bonchev–Trinajstić information content (AvgIpc) is 2.58. The van der Waals surface area contributed by atoms with Crippen molar-refractivity contribution in [2.75, 3.05) is 5.73 Å². The van der Waals surface area contributed by atoms with Gasteiger partial charge in [-0.2, -0.15) is 0 Å². The fraction of sp³-hybridized carbons (Fsp3) is 0. The topological polar surface area (TPSA) is 65.2 Å². The molecule has 0 aliphatic carbocycles. The molecular formula is C7H5BrN2O2. The van der Waals surface area contributed by atoms with Gasteiger partial charge in [-0.05, 0) is 28.1 Å². The van der Waals surface area contributed by atoms with Crippen LogP contribution < -0.4 is 5.73 Å². The second-order valence-corrected chi connectivity index (χ2v) is 2.95. The van der Waals surface area contributed by atoms with Crippen LogP contribution in [0, 0.1) is 0 Å². The van der Waals surface area contributed by atoms with Crippen molar-refractivity contribution in [3.8, 4) is 11.5 Å². The molecule has 2 heterocycles. The average molecular weight is 229 g/mol. The zero-order valence-corrected chi connectivity index (χ0v) is 7.54. The SMILES string of the molecule is Nc1ncc(-c2ccc(Br)o2)o1. The Morgan fingerprint density at radius 2 is 2.08 bits per heavy atom. The molecule has 4 nitrogen and oxygen atoms in total. The third-order valence-electron chi connectivity index (χ3n) is 1.34. The van der Waals surface area contributed by atoms with Gasteiger partial charge in [-0.15, -0.1) is 0 Å². The number of furan rings is 1. The van der Waals surface area contributed by atoms with E-state index < -0.39 is 0 Å². The van der Waals surface area contributed by atoms with Crippen molar-refractivity contribution in [1.82, 2.24) is 4.98 Å². The minimum absolute atomic E-state index is 0.137. The Bertz CT molecular complexity index is 355. The Morgan fingerprint density at radius 1 is 1.25 bits per heavy atom. The molecule has 2 aromatic heterocycles. The fourth-order valence-electron chi connectivity index (χ4n) is 0.848. The molecule has 0 aliphatic heterocycles. The van der Waals surface area contributed by atoms with Gasteiger partial charge in [0.25, 0.3) is 6.01 Å². The van der Waals surface area contributed by atoms with Gasteiger partial charge in [0.15, 0.2) is 16.2 Å². The third-order valence-corrected chi connectivity index (χ3v) is 1.77. The summed E-state index contributed by atoms with van der Waals surface area (Å²) in [6, 6.07) is 3.68. The Labute approximate surface area is 76.5 Å². The molecule has 0 saturated heterocycles. The molecule has 0 amide bonds. The molecule has 5 heteroatoms. The highest BCUT2D eigenvalue weighted by atomic mass is 79.9. The molecule has 0 atom stereocenters. The van der Waals surface area contributed by atoms with Crippen LogP contribution in [0.4, 0.5) is 6.01 Å². The van der Waals surface area contributed by atoms with E-state index in [4.69, 9.17) is 14.6 Å². The summed E-state index contributed by atoms with van der Waals surface area (Å²) < 4.78 is 10.9. The molecule has 0 unspecified atom stereocenters. The van der Waals surface area contributed by atoms with E-state index in [0.717, 1.165) is 0 Å². The fourth-order valence-corrected chi connectivity index (χ4v) is 1.15. The minimum atomic E-state index is 0.137. The van der Waals surface area contributed by atoms with E-state index in [1.807, 2.05) is 0 Å². The van der Waals surface area contributed by atoms with Crippen LogP contribution in [0.1, 0.15) is 0 Å². The predicted octanol–water partition coefficient (Wildman–Crippen LogP) is 2.28. The second kappa shape index (κ2) is 2.67. The van der Waals surface area contributed by atoms with Gasteiger partial charge in [0.05, 0.1) is 6.20 Å². The van der Waals surface area contributed by atoms with Gasteiger partial charge in [0, 0.05) is 0 Å². The molecule has 12 heavy (non-hydrogen) atoms. The summed E-state index contributed by atoms with van der Waals surface area (Å²) >= 11 is 3.18. The first-order valence-electron chi connectivity index (χ1n) is 3.23. The zero-order chi connectivity index (χ0) is 8.55. The van der Waals surface area contributed by atoms with Crippen molar-refractivity contribution >= 4 is 21.9 Å². The van der Waals surface area contributed by atoms with Gasteiger partial charge in [-0.3, -0.25) is 0 Å². The Kier molecular flexibility index (Phi) is 1.65. The van der Waals surface area contributed by atoms with E-state index >= 15 is 0 Å². The number of oxazole rings is 1.